The summed E-state index contributed by atoms with van der Waals surface area (Å²) in [5.41, 5.74) is 1.07. The molecule has 0 aliphatic heterocycles. The standard InChI is InChI=1S/C14H18N2O/c17-14(13-7-10-3-4-12(13)6-10)16-9-11-2-1-5-15-8-11/h1-2,5,8,10,12-13H,3-4,6-7,9H2,(H,16,17)/t10?,12?,13-/m0/s1. The molecule has 0 radical (unpaired) electrons. The van der Waals surface area contributed by atoms with Crippen LogP contribution in [-0.2, 0) is 11.3 Å². The Balaban J connectivity index is 1.54. The highest BCUT2D eigenvalue weighted by Crippen LogP contribution is 2.48. The van der Waals surface area contributed by atoms with E-state index in [1.807, 2.05) is 12.1 Å². The SMILES string of the molecule is O=C(NCc1cccnc1)[C@H]1CC2CCC1C2. The van der Waals surface area contributed by atoms with Crippen LogP contribution in [0.25, 0.3) is 0 Å². The van der Waals surface area contributed by atoms with Crippen molar-refractivity contribution in [2.75, 3.05) is 0 Å². The van der Waals surface area contributed by atoms with Crippen LogP contribution in [0.15, 0.2) is 24.5 Å². The first-order chi connectivity index (χ1) is 8.33. The third kappa shape index (κ3) is 2.19. The number of carbonyl (C=O) groups excluding carboxylic acids is 1. The fourth-order valence-corrected chi connectivity index (χ4v) is 3.39. The summed E-state index contributed by atoms with van der Waals surface area (Å²) in [4.78, 5) is 16.1. The van der Waals surface area contributed by atoms with Crippen molar-refractivity contribution in [3.8, 4) is 0 Å². The fraction of sp³-hybridized carbons (Fsp3) is 0.571. The molecule has 2 saturated carbocycles. The van der Waals surface area contributed by atoms with E-state index in [-0.39, 0.29) is 11.8 Å². The Morgan fingerprint density at radius 2 is 2.35 bits per heavy atom. The lowest BCUT2D eigenvalue weighted by molar-refractivity contribution is -0.126. The van der Waals surface area contributed by atoms with Gasteiger partial charge in [-0.3, -0.25) is 9.78 Å². The smallest absolute Gasteiger partial charge is 0.223 e. The van der Waals surface area contributed by atoms with Crippen molar-refractivity contribution >= 4 is 5.91 Å². The fourth-order valence-electron chi connectivity index (χ4n) is 3.39. The monoisotopic (exact) mass is 230 g/mol. The van der Waals surface area contributed by atoms with Crippen molar-refractivity contribution in [2.45, 2.75) is 32.2 Å². The summed E-state index contributed by atoms with van der Waals surface area (Å²) in [5.74, 6) is 2.02. The maximum Gasteiger partial charge on any atom is 0.223 e. The summed E-state index contributed by atoms with van der Waals surface area (Å²) >= 11 is 0. The third-order valence-electron chi connectivity index (χ3n) is 4.26. The van der Waals surface area contributed by atoms with Crippen LogP contribution in [0, 0.1) is 17.8 Å². The van der Waals surface area contributed by atoms with E-state index < -0.39 is 0 Å². The normalized spacial score (nSPS) is 30.5. The first-order valence-corrected chi connectivity index (χ1v) is 6.49. The van der Waals surface area contributed by atoms with E-state index in [1.54, 1.807) is 12.4 Å². The maximum absolute atomic E-state index is 12.1. The lowest BCUT2D eigenvalue weighted by atomic mass is 9.88. The maximum atomic E-state index is 12.1. The first-order valence-electron chi connectivity index (χ1n) is 6.49. The van der Waals surface area contributed by atoms with Crippen LogP contribution in [0.1, 0.15) is 31.2 Å². The molecule has 3 atom stereocenters. The highest BCUT2D eigenvalue weighted by Gasteiger charge is 2.42. The second-order valence-corrected chi connectivity index (χ2v) is 5.36. The lowest BCUT2D eigenvalue weighted by Crippen LogP contribution is -2.33. The summed E-state index contributed by atoms with van der Waals surface area (Å²) in [7, 11) is 0. The topological polar surface area (TPSA) is 42.0 Å². The molecule has 3 nitrogen and oxygen atoms in total. The molecule has 1 amide bonds. The van der Waals surface area contributed by atoms with Crippen molar-refractivity contribution < 1.29 is 4.79 Å². The number of aromatic nitrogens is 1. The number of amides is 1. The average molecular weight is 230 g/mol. The number of nitrogens with one attached hydrogen (secondary N) is 1. The minimum Gasteiger partial charge on any atom is -0.352 e. The first kappa shape index (κ1) is 10.8. The van der Waals surface area contributed by atoms with E-state index in [0.29, 0.717) is 12.5 Å². The summed E-state index contributed by atoms with van der Waals surface area (Å²) in [6, 6.07) is 3.90. The Morgan fingerprint density at radius 3 is 3.00 bits per heavy atom. The molecular formula is C14H18N2O. The van der Waals surface area contributed by atoms with Gasteiger partial charge in [0.2, 0.25) is 5.91 Å². The Bertz CT molecular complexity index is 404. The van der Waals surface area contributed by atoms with Crippen LogP contribution in [0.4, 0.5) is 0 Å². The molecule has 1 heterocycles. The second-order valence-electron chi connectivity index (χ2n) is 5.36. The number of rotatable bonds is 3. The molecule has 1 N–H and O–H groups in total. The molecule has 1 aromatic heterocycles. The van der Waals surface area contributed by atoms with Crippen molar-refractivity contribution in [3.05, 3.63) is 30.1 Å². The van der Waals surface area contributed by atoms with Crippen LogP contribution < -0.4 is 5.32 Å². The molecule has 0 aromatic carbocycles. The minimum absolute atomic E-state index is 0.251. The number of pyridine rings is 1. The van der Waals surface area contributed by atoms with Gasteiger partial charge in [-0.05, 0) is 42.7 Å². The molecule has 3 heteroatoms. The number of carbonyl (C=O) groups is 1. The largest absolute Gasteiger partial charge is 0.352 e. The molecule has 17 heavy (non-hydrogen) atoms. The molecule has 3 rings (SSSR count). The van der Waals surface area contributed by atoms with E-state index in [4.69, 9.17) is 0 Å². The molecule has 0 saturated heterocycles. The van der Waals surface area contributed by atoms with Gasteiger partial charge in [0.15, 0.2) is 0 Å². The molecule has 2 aliphatic rings. The highest BCUT2D eigenvalue weighted by atomic mass is 16.1. The highest BCUT2D eigenvalue weighted by molar-refractivity contribution is 5.79. The Kier molecular flexibility index (Phi) is 2.83. The van der Waals surface area contributed by atoms with Gasteiger partial charge in [0, 0.05) is 24.9 Å². The van der Waals surface area contributed by atoms with E-state index in [2.05, 4.69) is 10.3 Å². The van der Waals surface area contributed by atoms with Gasteiger partial charge >= 0.3 is 0 Å². The number of hydrogen-bond donors (Lipinski definition) is 1. The molecular weight excluding hydrogens is 212 g/mol. The minimum atomic E-state index is 0.251. The zero-order valence-corrected chi connectivity index (χ0v) is 9.93. The van der Waals surface area contributed by atoms with Crippen LogP contribution in [0.5, 0.6) is 0 Å². The molecule has 2 fully saturated rings. The Labute approximate surface area is 102 Å². The van der Waals surface area contributed by atoms with Crippen LogP contribution in [-0.4, -0.2) is 10.9 Å². The Morgan fingerprint density at radius 1 is 1.41 bits per heavy atom. The van der Waals surface area contributed by atoms with E-state index in [9.17, 15) is 4.79 Å². The van der Waals surface area contributed by atoms with Crippen molar-refractivity contribution in [2.24, 2.45) is 17.8 Å². The van der Waals surface area contributed by atoms with Crippen molar-refractivity contribution in [1.82, 2.24) is 10.3 Å². The van der Waals surface area contributed by atoms with Gasteiger partial charge in [0.1, 0.15) is 0 Å². The zero-order valence-electron chi connectivity index (χ0n) is 9.93. The number of hydrogen-bond acceptors (Lipinski definition) is 2. The summed E-state index contributed by atoms with van der Waals surface area (Å²) in [5, 5.41) is 3.05. The summed E-state index contributed by atoms with van der Waals surface area (Å²) in [6.07, 6.45) is 8.56. The van der Waals surface area contributed by atoms with Gasteiger partial charge in [0.25, 0.3) is 0 Å². The number of nitrogens with zero attached hydrogens (tertiary/aromatic N) is 1. The second kappa shape index (κ2) is 4.47. The van der Waals surface area contributed by atoms with Gasteiger partial charge in [-0.15, -0.1) is 0 Å². The van der Waals surface area contributed by atoms with Gasteiger partial charge in [-0.1, -0.05) is 12.5 Å². The lowest BCUT2D eigenvalue weighted by Gasteiger charge is -2.20. The van der Waals surface area contributed by atoms with Gasteiger partial charge in [-0.25, -0.2) is 0 Å². The summed E-state index contributed by atoms with van der Waals surface area (Å²) < 4.78 is 0. The molecule has 0 spiro atoms. The van der Waals surface area contributed by atoms with Crippen LogP contribution in [0.2, 0.25) is 0 Å². The van der Waals surface area contributed by atoms with Gasteiger partial charge < -0.3 is 5.32 Å². The Hall–Kier alpha value is -1.38. The molecule has 1 aromatic rings. The van der Waals surface area contributed by atoms with E-state index in [0.717, 1.165) is 17.9 Å². The van der Waals surface area contributed by atoms with Crippen molar-refractivity contribution in [1.29, 1.82) is 0 Å². The van der Waals surface area contributed by atoms with Gasteiger partial charge in [0.05, 0.1) is 0 Å². The molecule has 2 bridgehead atoms. The predicted molar refractivity (Wildman–Crippen MR) is 65.0 cm³/mol. The van der Waals surface area contributed by atoms with E-state index >= 15 is 0 Å². The third-order valence-corrected chi connectivity index (χ3v) is 4.26. The van der Waals surface area contributed by atoms with Crippen LogP contribution in [0.3, 0.4) is 0 Å². The van der Waals surface area contributed by atoms with Crippen LogP contribution >= 0.6 is 0 Å². The quantitative estimate of drug-likeness (QED) is 0.864. The predicted octanol–water partition coefficient (Wildman–Crippen LogP) is 2.13. The van der Waals surface area contributed by atoms with Crippen molar-refractivity contribution in [3.63, 3.8) is 0 Å². The molecule has 2 unspecified atom stereocenters. The molecule has 90 valence electrons. The van der Waals surface area contributed by atoms with Gasteiger partial charge in [-0.2, -0.15) is 0 Å². The molecule has 2 aliphatic carbocycles. The van der Waals surface area contributed by atoms with E-state index in [1.165, 1.54) is 19.3 Å². The summed E-state index contributed by atoms with van der Waals surface area (Å²) in [6.45, 7) is 0.612. The number of fused-ring (bicyclic) bond motifs is 2. The average Bonchev–Trinajstić information content (AvgIpc) is 2.99. The zero-order chi connectivity index (χ0) is 11.7.